The summed E-state index contributed by atoms with van der Waals surface area (Å²) in [6, 6.07) is 14.0. The zero-order valence-corrected chi connectivity index (χ0v) is 19.7. The molecule has 2 amide bonds. The minimum Gasteiger partial charge on any atom is -0.481 e. The molecule has 4 rings (SSSR count). The van der Waals surface area contributed by atoms with Gasteiger partial charge in [0.15, 0.2) is 12.3 Å². The van der Waals surface area contributed by atoms with Crippen LogP contribution in [0.3, 0.4) is 0 Å². The Morgan fingerprint density at radius 3 is 2.71 bits per heavy atom. The number of piperidine rings is 1. The fraction of sp³-hybridized carbons (Fsp3) is 0.333. The van der Waals surface area contributed by atoms with Crippen LogP contribution in [0.4, 0.5) is 0 Å². The molecule has 1 aromatic heterocycles. The lowest BCUT2D eigenvalue weighted by Crippen LogP contribution is -2.48. The Morgan fingerprint density at radius 2 is 1.97 bits per heavy atom. The third-order valence-corrected chi connectivity index (χ3v) is 6.41. The second-order valence-electron chi connectivity index (χ2n) is 8.79. The molecule has 1 aliphatic rings. The molecule has 0 bridgehead atoms. The number of fused-ring (bicyclic) bond motifs is 1. The Balaban J connectivity index is 1.52. The number of aromatic nitrogens is 1. The Hall–Kier alpha value is -3.92. The summed E-state index contributed by atoms with van der Waals surface area (Å²) in [6.45, 7) is 6.79. The quantitative estimate of drug-likeness (QED) is 0.460. The first-order valence-electron chi connectivity index (χ1n) is 11.5. The molecule has 0 radical (unpaired) electrons. The molecular formula is C27H28N4O3. The van der Waals surface area contributed by atoms with E-state index in [0.717, 1.165) is 16.5 Å². The third-order valence-electron chi connectivity index (χ3n) is 6.41. The number of benzene rings is 2. The molecule has 3 aromatic rings. The van der Waals surface area contributed by atoms with Crippen LogP contribution in [0, 0.1) is 31.2 Å². The molecule has 1 aliphatic heterocycles. The fourth-order valence-corrected chi connectivity index (χ4v) is 4.72. The number of nitrogens with zero attached hydrogens (tertiary/aromatic N) is 3. The van der Waals surface area contributed by atoms with Crippen LogP contribution in [-0.2, 0) is 9.59 Å². The topological polar surface area (TPSA) is 95.3 Å². The molecule has 1 unspecified atom stereocenters. The maximum absolute atomic E-state index is 13.0. The van der Waals surface area contributed by atoms with E-state index in [1.54, 1.807) is 24.2 Å². The van der Waals surface area contributed by atoms with Crippen molar-refractivity contribution >= 4 is 22.7 Å². The first kappa shape index (κ1) is 23.2. The summed E-state index contributed by atoms with van der Waals surface area (Å²) in [4.78, 5) is 31.2. The van der Waals surface area contributed by atoms with E-state index in [-0.39, 0.29) is 17.7 Å². The second-order valence-corrected chi connectivity index (χ2v) is 8.79. The summed E-state index contributed by atoms with van der Waals surface area (Å²) in [5.74, 6) is -0.325. The lowest BCUT2D eigenvalue weighted by atomic mass is 9.93. The molecule has 34 heavy (non-hydrogen) atoms. The van der Waals surface area contributed by atoms with E-state index in [2.05, 4.69) is 42.3 Å². The minimum absolute atomic E-state index is 0.174. The van der Waals surface area contributed by atoms with Gasteiger partial charge in [-0.3, -0.25) is 19.9 Å². The summed E-state index contributed by atoms with van der Waals surface area (Å²) >= 11 is 0. The summed E-state index contributed by atoms with van der Waals surface area (Å²) in [5, 5.41) is 11.9. The number of pyridine rings is 1. The highest BCUT2D eigenvalue weighted by Gasteiger charge is 2.31. The smallest absolute Gasteiger partial charge is 0.263 e. The maximum Gasteiger partial charge on any atom is 0.263 e. The first-order valence-corrected chi connectivity index (χ1v) is 11.5. The molecule has 1 saturated heterocycles. The number of nitriles is 1. The van der Waals surface area contributed by atoms with Gasteiger partial charge in [0, 0.05) is 30.7 Å². The minimum atomic E-state index is -0.711. The van der Waals surface area contributed by atoms with Crippen LogP contribution >= 0.6 is 0 Å². The van der Waals surface area contributed by atoms with Gasteiger partial charge in [-0.2, -0.15) is 5.26 Å². The maximum atomic E-state index is 13.0. The number of carbonyl (C=O) groups excluding carboxylic acids is 2. The van der Waals surface area contributed by atoms with Crippen molar-refractivity contribution in [1.29, 1.82) is 5.26 Å². The lowest BCUT2D eigenvalue weighted by Gasteiger charge is -2.33. The highest BCUT2D eigenvalue weighted by molar-refractivity contribution is 5.96. The zero-order chi connectivity index (χ0) is 24.2. The van der Waals surface area contributed by atoms with Gasteiger partial charge < -0.3 is 9.64 Å². The van der Waals surface area contributed by atoms with Crippen LogP contribution in [0.15, 0.2) is 48.7 Å². The van der Waals surface area contributed by atoms with E-state index in [4.69, 9.17) is 10.00 Å². The number of ether oxygens (including phenoxy) is 1. The molecule has 1 fully saturated rings. The predicted octanol–water partition coefficient (Wildman–Crippen LogP) is 4.12. The number of carbonyl (C=O) groups is 2. The van der Waals surface area contributed by atoms with Crippen molar-refractivity contribution in [2.75, 3.05) is 13.1 Å². The van der Waals surface area contributed by atoms with E-state index in [9.17, 15) is 9.59 Å². The summed E-state index contributed by atoms with van der Waals surface area (Å²) in [5.41, 5.74) is 5.52. The average molecular weight is 457 g/mol. The fourth-order valence-electron chi connectivity index (χ4n) is 4.72. The molecule has 0 spiro atoms. The molecule has 2 heterocycles. The van der Waals surface area contributed by atoms with Gasteiger partial charge in [-0.25, -0.2) is 0 Å². The van der Waals surface area contributed by atoms with Crippen molar-refractivity contribution in [1.82, 2.24) is 15.2 Å². The number of amides is 2. The van der Waals surface area contributed by atoms with Crippen molar-refractivity contribution in [2.45, 2.75) is 39.7 Å². The number of hydrogen-bond donors (Lipinski definition) is 1. The van der Waals surface area contributed by atoms with Gasteiger partial charge in [0.2, 0.25) is 5.91 Å². The number of nitrogens with one attached hydrogen (secondary N) is 1. The standard InChI is InChI=1S/C27H28N4O3/c1-17-6-4-7-18(2)25(17)23-11-12-29-24-14-21(9-10-22(23)24)34-19(3)27(33)31-13-5-8-20(15-31)26(32)30-16-28/h4,6-7,9-12,14,19-20H,5,8,13,15H2,1-3H3,(H,30,32)/t19?,20-/m0/s1. The van der Waals surface area contributed by atoms with Crippen LogP contribution in [0.25, 0.3) is 22.0 Å². The Morgan fingerprint density at radius 1 is 1.21 bits per heavy atom. The van der Waals surface area contributed by atoms with E-state index in [1.165, 1.54) is 16.7 Å². The van der Waals surface area contributed by atoms with Crippen molar-refractivity contribution < 1.29 is 14.3 Å². The first-order chi connectivity index (χ1) is 16.4. The molecular weight excluding hydrogens is 428 g/mol. The van der Waals surface area contributed by atoms with Crippen LogP contribution in [0.2, 0.25) is 0 Å². The van der Waals surface area contributed by atoms with Gasteiger partial charge >= 0.3 is 0 Å². The number of likely N-dealkylation sites (tertiary alicyclic amines) is 1. The second kappa shape index (κ2) is 9.92. The van der Waals surface area contributed by atoms with Gasteiger partial charge in [-0.1, -0.05) is 18.2 Å². The van der Waals surface area contributed by atoms with Crippen LogP contribution in [0.1, 0.15) is 30.9 Å². The molecule has 7 heteroatoms. The molecule has 7 nitrogen and oxygen atoms in total. The summed E-state index contributed by atoms with van der Waals surface area (Å²) in [6.07, 6.45) is 4.12. The van der Waals surface area contributed by atoms with Gasteiger partial charge in [-0.05, 0) is 74.1 Å². The summed E-state index contributed by atoms with van der Waals surface area (Å²) in [7, 11) is 0. The normalized spacial score (nSPS) is 16.5. The monoisotopic (exact) mass is 456 g/mol. The number of aryl methyl sites for hydroxylation is 2. The lowest BCUT2D eigenvalue weighted by molar-refractivity contribution is -0.141. The van der Waals surface area contributed by atoms with Gasteiger partial charge in [0.25, 0.3) is 5.91 Å². The van der Waals surface area contributed by atoms with Gasteiger partial charge in [0.05, 0.1) is 11.4 Å². The Bertz CT molecular complexity index is 1260. The Kier molecular flexibility index (Phi) is 6.78. The van der Waals surface area contributed by atoms with Gasteiger partial charge in [-0.15, -0.1) is 0 Å². The van der Waals surface area contributed by atoms with E-state index >= 15 is 0 Å². The van der Waals surface area contributed by atoms with E-state index in [1.807, 2.05) is 24.3 Å². The van der Waals surface area contributed by atoms with E-state index in [0.29, 0.717) is 31.7 Å². The number of hydrogen-bond acceptors (Lipinski definition) is 5. The highest BCUT2D eigenvalue weighted by Crippen LogP contribution is 2.34. The highest BCUT2D eigenvalue weighted by atomic mass is 16.5. The van der Waals surface area contributed by atoms with Crippen LogP contribution < -0.4 is 10.1 Å². The summed E-state index contributed by atoms with van der Waals surface area (Å²) < 4.78 is 5.99. The molecule has 2 aromatic carbocycles. The SMILES string of the molecule is Cc1cccc(C)c1-c1ccnc2cc(OC(C)C(=O)N3CCC[C@H](C(=O)NC#N)C3)ccc12. The zero-order valence-electron chi connectivity index (χ0n) is 19.7. The molecule has 1 N–H and O–H groups in total. The van der Waals surface area contributed by atoms with Crippen LogP contribution in [-0.4, -0.2) is 40.9 Å². The molecule has 0 saturated carbocycles. The van der Waals surface area contributed by atoms with Crippen molar-refractivity contribution in [3.05, 3.63) is 59.8 Å². The average Bonchev–Trinajstić information content (AvgIpc) is 2.83. The molecule has 174 valence electrons. The van der Waals surface area contributed by atoms with Crippen molar-refractivity contribution in [3.63, 3.8) is 0 Å². The van der Waals surface area contributed by atoms with Crippen molar-refractivity contribution in [3.8, 4) is 23.1 Å². The third kappa shape index (κ3) is 4.72. The predicted molar refractivity (Wildman–Crippen MR) is 130 cm³/mol. The molecule has 0 aliphatic carbocycles. The van der Waals surface area contributed by atoms with Gasteiger partial charge in [0.1, 0.15) is 5.75 Å². The number of rotatable bonds is 5. The van der Waals surface area contributed by atoms with E-state index < -0.39 is 6.10 Å². The molecule has 2 atom stereocenters. The van der Waals surface area contributed by atoms with Crippen molar-refractivity contribution in [2.24, 2.45) is 5.92 Å². The van der Waals surface area contributed by atoms with Crippen LogP contribution in [0.5, 0.6) is 5.75 Å². The largest absolute Gasteiger partial charge is 0.481 e. The Labute approximate surface area is 199 Å².